The Hall–Kier alpha value is -0.850. The van der Waals surface area contributed by atoms with E-state index in [1.807, 2.05) is 0 Å². The van der Waals surface area contributed by atoms with Crippen molar-refractivity contribution in [1.82, 2.24) is 0 Å². The van der Waals surface area contributed by atoms with Crippen molar-refractivity contribution in [2.75, 3.05) is 18.6 Å². The van der Waals surface area contributed by atoms with E-state index in [0.717, 1.165) is 50.5 Å². The lowest BCUT2D eigenvalue weighted by molar-refractivity contribution is -0.0637. The molecule has 0 spiro atoms. The summed E-state index contributed by atoms with van der Waals surface area (Å²) in [4.78, 5) is 11.9. The highest BCUT2D eigenvalue weighted by Crippen LogP contribution is 2.63. The van der Waals surface area contributed by atoms with Crippen molar-refractivity contribution < 1.29 is 22.3 Å². The van der Waals surface area contributed by atoms with Crippen molar-refractivity contribution in [3.05, 3.63) is 28.5 Å². The van der Waals surface area contributed by atoms with E-state index in [1.54, 1.807) is 0 Å². The molecule has 0 aliphatic heterocycles. The van der Waals surface area contributed by atoms with Crippen molar-refractivity contribution in [3.8, 4) is 5.75 Å². The van der Waals surface area contributed by atoms with Crippen LogP contribution in [0.25, 0.3) is 0 Å². The van der Waals surface area contributed by atoms with Gasteiger partial charge in [-0.25, -0.2) is 12.8 Å². The SMILES string of the molecule is CS(=O)(=O)CC(=O)c1cc(Cl)c(OCC23CC4CC(CC(Cl)(C4)C2)C3)cc1F. The Morgan fingerprint density at radius 2 is 1.89 bits per heavy atom. The smallest absolute Gasteiger partial charge is 0.180 e. The molecule has 8 heteroatoms. The largest absolute Gasteiger partial charge is 0.491 e. The van der Waals surface area contributed by atoms with Gasteiger partial charge in [-0.15, -0.1) is 11.6 Å². The van der Waals surface area contributed by atoms with Crippen molar-refractivity contribution >= 4 is 38.8 Å². The molecular formula is C20H23Cl2FO4S. The third kappa shape index (κ3) is 4.05. The van der Waals surface area contributed by atoms with E-state index >= 15 is 0 Å². The number of halogens is 3. The lowest BCUT2D eigenvalue weighted by Gasteiger charge is -2.59. The molecule has 0 N–H and O–H groups in total. The van der Waals surface area contributed by atoms with E-state index in [2.05, 4.69) is 0 Å². The summed E-state index contributed by atoms with van der Waals surface area (Å²) in [7, 11) is -3.56. The van der Waals surface area contributed by atoms with Gasteiger partial charge in [0.2, 0.25) is 0 Å². The summed E-state index contributed by atoms with van der Waals surface area (Å²) in [5.74, 6) is -0.971. The van der Waals surface area contributed by atoms with Crippen LogP contribution in [0.5, 0.6) is 5.75 Å². The minimum absolute atomic E-state index is 0.00355. The molecule has 4 aliphatic carbocycles. The normalized spacial score (nSPS) is 33.9. The number of carbonyl (C=O) groups is 1. The van der Waals surface area contributed by atoms with Gasteiger partial charge in [0, 0.05) is 22.6 Å². The van der Waals surface area contributed by atoms with Crippen LogP contribution < -0.4 is 4.74 Å². The van der Waals surface area contributed by atoms with Crippen molar-refractivity contribution in [2.45, 2.75) is 43.4 Å². The van der Waals surface area contributed by atoms with Gasteiger partial charge in [0.1, 0.15) is 17.3 Å². The van der Waals surface area contributed by atoms with Crippen molar-refractivity contribution in [1.29, 1.82) is 0 Å². The third-order valence-electron chi connectivity index (χ3n) is 6.36. The third-order valence-corrected chi connectivity index (χ3v) is 7.88. The molecule has 0 radical (unpaired) electrons. The van der Waals surface area contributed by atoms with E-state index in [1.165, 1.54) is 6.42 Å². The van der Waals surface area contributed by atoms with Crippen molar-refractivity contribution in [3.63, 3.8) is 0 Å². The molecule has 1 aromatic carbocycles. The molecule has 4 nitrogen and oxygen atoms in total. The molecule has 0 saturated heterocycles. The highest BCUT2D eigenvalue weighted by Gasteiger charge is 2.57. The predicted octanol–water partition coefficient (Wildman–Crippen LogP) is 4.66. The first-order valence-corrected chi connectivity index (χ1v) is 12.3. The van der Waals surface area contributed by atoms with Crippen LogP contribution in [0.15, 0.2) is 12.1 Å². The van der Waals surface area contributed by atoms with Gasteiger partial charge >= 0.3 is 0 Å². The zero-order chi connectivity index (χ0) is 20.3. The monoisotopic (exact) mass is 448 g/mol. The standard InChI is InChI=1S/C20H23Cl2FO4S/c1-28(25,26)9-17(24)14-3-15(21)18(4-16(14)23)27-11-19-5-12-2-13(6-19)8-20(22,7-12)10-19/h3-4,12-13H,2,5-11H2,1H3. The summed E-state index contributed by atoms with van der Waals surface area (Å²) >= 11 is 13.0. The van der Waals surface area contributed by atoms with Crippen LogP contribution >= 0.6 is 23.2 Å². The second-order valence-electron chi connectivity index (χ2n) is 9.16. The first-order valence-electron chi connectivity index (χ1n) is 9.48. The molecular weight excluding hydrogens is 426 g/mol. The zero-order valence-electron chi connectivity index (χ0n) is 15.6. The predicted molar refractivity (Wildman–Crippen MR) is 107 cm³/mol. The van der Waals surface area contributed by atoms with E-state index in [0.29, 0.717) is 18.4 Å². The van der Waals surface area contributed by atoms with Gasteiger partial charge < -0.3 is 4.74 Å². The fourth-order valence-corrected chi connectivity index (χ4v) is 7.47. The summed E-state index contributed by atoms with van der Waals surface area (Å²) in [5.41, 5.74) is -0.339. The van der Waals surface area contributed by atoms with Crippen LogP contribution in [0.4, 0.5) is 4.39 Å². The maximum absolute atomic E-state index is 14.4. The van der Waals surface area contributed by atoms with Gasteiger partial charge in [-0.2, -0.15) is 0 Å². The average molecular weight is 449 g/mol. The molecule has 4 saturated carbocycles. The summed E-state index contributed by atoms with van der Waals surface area (Å²) < 4.78 is 43.0. The molecule has 1 aromatic rings. The maximum atomic E-state index is 14.4. The Labute approximate surface area is 174 Å². The number of ketones is 1. The first-order chi connectivity index (χ1) is 13.0. The van der Waals surface area contributed by atoms with Gasteiger partial charge in [-0.3, -0.25) is 4.79 Å². The van der Waals surface area contributed by atoms with Gasteiger partial charge in [0.05, 0.1) is 17.2 Å². The average Bonchev–Trinajstić information content (AvgIpc) is 2.51. The number of ether oxygens (including phenoxy) is 1. The molecule has 2 atom stereocenters. The van der Waals surface area contributed by atoms with Crippen LogP contribution in [0, 0.1) is 23.1 Å². The second kappa shape index (κ2) is 6.85. The topological polar surface area (TPSA) is 60.4 Å². The lowest BCUT2D eigenvalue weighted by Crippen LogP contribution is -2.55. The molecule has 28 heavy (non-hydrogen) atoms. The number of sulfone groups is 1. The highest BCUT2D eigenvalue weighted by atomic mass is 35.5. The van der Waals surface area contributed by atoms with E-state index in [-0.39, 0.29) is 26.6 Å². The van der Waals surface area contributed by atoms with Crippen LogP contribution in [0.2, 0.25) is 5.02 Å². The van der Waals surface area contributed by atoms with Gasteiger partial charge in [0.15, 0.2) is 15.6 Å². The maximum Gasteiger partial charge on any atom is 0.180 e. The Bertz CT molecular complexity index is 916. The lowest BCUT2D eigenvalue weighted by atomic mass is 9.49. The fourth-order valence-electron chi connectivity index (χ4n) is 5.90. The Morgan fingerprint density at radius 3 is 2.46 bits per heavy atom. The van der Waals surface area contributed by atoms with Crippen LogP contribution in [0.1, 0.15) is 48.9 Å². The second-order valence-corrected chi connectivity index (χ2v) is 12.5. The number of carbonyl (C=O) groups excluding carboxylic acids is 1. The quantitative estimate of drug-likeness (QED) is 0.468. The molecule has 154 valence electrons. The number of benzene rings is 1. The number of hydrogen-bond acceptors (Lipinski definition) is 4. The first kappa shape index (κ1) is 20.4. The minimum Gasteiger partial charge on any atom is -0.491 e. The zero-order valence-corrected chi connectivity index (χ0v) is 18.0. The van der Waals surface area contributed by atoms with Crippen LogP contribution in [-0.2, 0) is 9.84 Å². The molecule has 2 unspecified atom stereocenters. The molecule has 4 fully saturated rings. The number of Topliss-reactive ketones (excluding diaryl/α,β-unsaturated/α-hetero) is 1. The molecule has 0 amide bonds. The number of alkyl halides is 1. The summed E-state index contributed by atoms with van der Waals surface area (Å²) in [6.07, 6.45) is 7.35. The molecule has 4 aliphatic rings. The molecule has 4 bridgehead atoms. The van der Waals surface area contributed by atoms with Crippen molar-refractivity contribution in [2.24, 2.45) is 17.3 Å². The Balaban J connectivity index is 1.50. The van der Waals surface area contributed by atoms with Gasteiger partial charge in [-0.05, 0) is 56.4 Å². The Kier molecular flexibility index (Phi) is 4.99. The number of rotatable bonds is 6. The highest BCUT2D eigenvalue weighted by molar-refractivity contribution is 7.91. The molecule has 0 heterocycles. The minimum atomic E-state index is -3.56. The number of hydrogen-bond donors (Lipinski definition) is 0. The fraction of sp³-hybridized carbons (Fsp3) is 0.650. The van der Waals surface area contributed by atoms with Crippen LogP contribution in [0.3, 0.4) is 0 Å². The van der Waals surface area contributed by atoms with E-state index < -0.39 is 27.2 Å². The summed E-state index contributed by atoms with van der Waals surface area (Å²) in [6, 6.07) is 2.23. The van der Waals surface area contributed by atoms with Gasteiger partial charge in [-0.1, -0.05) is 11.6 Å². The summed E-state index contributed by atoms with van der Waals surface area (Å²) in [6.45, 7) is 0.421. The van der Waals surface area contributed by atoms with E-state index in [4.69, 9.17) is 27.9 Å². The van der Waals surface area contributed by atoms with Gasteiger partial charge in [0.25, 0.3) is 0 Å². The van der Waals surface area contributed by atoms with Crippen LogP contribution in [-0.4, -0.2) is 37.7 Å². The van der Waals surface area contributed by atoms with E-state index in [9.17, 15) is 17.6 Å². The molecule has 5 rings (SSSR count). The molecule has 0 aromatic heterocycles. The summed E-state index contributed by atoms with van der Waals surface area (Å²) in [5, 5.41) is 0.101. The Morgan fingerprint density at radius 1 is 1.25 bits per heavy atom.